The molecule has 0 amide bonds. The summed E-state index contributed by atoms with van der Waals surface area (Å²) >= 11 is 0. The first-order chi connectivity index (χ1) is 21.2. The highest BCUT2D eigenvalue weighted by atomic mass is 15.0. The molecule has 0 saturated carbocycles. The molecule has 8 rings (SSSR count). The lowest BCUT2D eigenvalue weighted by Gasteiger charge is -2.13. The zero-order valence-corrected chi connectivity index (χ0v) is 23.4. The summed E-state index contributed by atoms with van der Waals surface area (Å²) in [5.41, 5.74) is 10.4. The molecule has 0 N–H and O–H groups in total. The van der Waals surface area contributed by atoms with Gasteiger partial charge < -0.3 is 9.13 Å². The summed E-state index contributed by atoms with van der Waals surface area (Å²) in [4.78, 5) is 0. The Labute approximate surface area is 248 Å². The maximum absolute atomic E-state index is 10.1. The molecule has 0 aliphatic rings. The van der Waals surface area contributed by atoms with Gasteiger partial charge >= 0.3 is 0 Å². The molecular formula is C39H24N4. The van der Waals surface area contributed by atoms with Crippen molar-refractivity contribution in [2.45, 2.75) is 6.92 Å². The van der Waals surface area contributed by atoms with Crippen molar-refractivity contribution in [3.05, 3.63) is 144 Å². The number of aryl methyl sites for hydroxylation is 1. The maximum Gasteiger partial charge on any atom is 0.102 e. The Kier molecular flexibility index (Phi) is 5.44. The van der Waals surface area contributed by atoms with Crippen molar-refractivity contribution in [3.8, 4) is 34.6 Å². The summed E-state index contributed by atoms with van der Waals surface area (Å²) in [7, 11) is 0. The van der Waals surface area contributed by atoms with Crippen LogP contribution in [0, 0.1) is 29.6 Å². The molecule has 0 fully saturated rings. The van der Waals surface area contributed by atoms with Crippen molar-refractivity contribution >= 4 is 43.6 Å². The van der Waals surface area contributed by atoms with E-state index in [9.17, 15) is 10.5 Å². The van der Waals surface area contributed by atoms with Crippen LogP contribution < -0.4 is 0 Å². The van der Waals surface area contributed by atoms with E-state index in [-0.39, 0.29) is 0 Å². The number of benzene rings is 6. The third-order valence-corrected chi connectivity index (χ3v) is 8.49. The fourth-order valence-electron chi connectivity index (χ4n) is 6.57. The predicted octanol–water partition coefficient (Wildman–Crippen LogP) is 9.60. The van der Waals surface area contributed by atoms with Crippen LogP contribution in [0.15, 0.2) is 127 Å². The summed E-state index contributed by atoms with van der Waals surface area (Å²) in [6.07, 6.45) is 0. The summed E-state index contributed by atoms with van der Waals surface area (Å²) < 4.78 is 4.46. The second-order valence-electron chi connectivity index (χ2n) is 10.9. The molecule has 4 heteroatoms. The Morgan fingerprint density at radius 3 is 1.84 bits per heavy atom. The van der Waals surface area contributed by atoms with Crippen LogP contribution in [0.2, 0.25) is 0 Å². The van der Waals surface area contributed by atoms with Gasteiger partial charge in [-0.05, 0) is 78.2 Å². The number of nitrogens with zero attached hydrogens (tertiary/aromatic N) is 4. The highest BCUT2D eigenvalue weighted by Gasteiger charge is 2.18. The van der Waals surface area contributed by atoms with Crippen LogP contribution in [0.3, 0.4) is 0 Å². The lowest BCUT2D eigenvalue weighted by Crippen LogP contribution is -2.00. The van der Waals surface area contributed by atoms with Crippen LogP contribution in [0.5, 0.6) is 0 Å². The van der Waals surface area contributed by atoms with Crippen molar-refractivity contribution < 1.29 is 0 Å². The summed E-state index contributed by atoms with van der Waals surface area (Å²) in [5.74, 6) is 0. The van der Waals surface area contributed by atoms with Crippen molar-refractivity contribution in [2.24, 2.45) is 0 Å². The minimum atomic E-state index is 0.538. The average Bonchev–Trinajstić information content (AvgIpc) is 3.57. The minimum absolute atomic E-state index is 0.538. The zero-order valence-electron chi connectivity index (χ0n) is 23.4. The van der Waals surface area contributed by atoms with Crippen LogP contribution in [-0.2, 0) is 0 Å². The lowest BCUT2D eigenvalue weighted by atomic mass is 10.0. The number of rotatable bonds is 3. The molecule has 0 aliphatic heterocycles. The minimum Gasteiger partial charge on any atom is -0.309 e. The van der Waals surface area contributed by atoms with Gasteiger partial charge in [-0.25, -0.2) is 0 Å². The summed E-state index contributed by atoms with van der Waals surface area (Å²) in [5, 5.41) is 24.4. The highest BCUT2D eigenvalue weighted by Crippen LogP contribution is 2.38. The third kappa shape index (κ3) is 3.68. The fourth-order valence-corrected chi connectivity index (χ4v) is 6.57. The summed E-state index contributed by atoms with van der Waals surface area (Å²) in [6.45, 7) is 1.89. The van der Waals surface area contributed by atoms with Gasteiger partial charge in [-0.3, -0.25) is 0 Å². The molecule has 6 aromatic carbocycles. The first-order valence-corrected chi connectivity index (χ1v) is 14.2. The average molecular weight is 549 g/mol. The monoisotopic (exact) mass is 548 g/mol. The molecule has 0 saturated heterocycles. The Balaban J connectivity index is 1.39. The van der Waals surface area contributed by atoms with Crippen molar-refractivity contribution in [1.29, 1.82) is 10.5 Å². The van der Waals surface area contributed by atoms with E-state index in [4.69, 9.17) is 0 Å². The van der Waals surface area contributed by atoms with Gasteiger partial charge in [-0.2, -0.15) is 10.5 Å². The van der Waals surface area contributed by atoms with Gasteiger partial charge in [0.15, 0.2) is 0 Å². The second kappa shape index (κ2) is 9.48. The number of para-hydroxylation sites is 3. The normalized spacial score (nSPS) is 11.3. The standard InChI is InChI=1S/C39H24N4/c1-25-19-26(23-40)20-38(34(25)24-41)43-36-14-8-6-12-31(36)33-21-27(16-18-37(33)43)28-15-17-32-30-11-5-7-13-35(30)42(39(32)22-28)29-9-3-2-4-10-29/h2-22H,1H3. The van der Waals surface area contributed by atoms with Gasteiger partial charge in [-0.1, -0.05) is 72.8 Å². The molecule has 0 unspecified atom stereocenters. The maximum atomic E-state index is 10.1. The lowest BCUT2D eigenvalue weighted by molar-refractivity contribution is 1.15. The van der Waals surface area contributed by atoms with E-state index in [1.165, 1.54) is 16.3 Å². The molecule has 0 spiro atoms. The molecule has 0 bridgehead atoms. The predicted molar refractivity (Wildman–Crippen MR) is 175 cm³/mol. The van der Waals surface area contributed by atoms with Crippen molar-refractivity contribution in [2.75, 3.05) is 0 Å². The number of nitriles is 2. The largest absolute Gasteiger partial charge is 0.309 e. The molecule has 0 atom stereocenters. The topological polar surface area (TPSA) is 57.4 Å². The first kappa shape index (κ1) is 24.7. The van der Waals surface area contributed by atoms with E-state index in [1.807, 2.05) is 31.2 Å². The van der Waals surface area contributed by atoms with Crippen LogP contribution in [-0.4, -0.2) is 9.13 Å². The van der Waals surface area contributed by atoms with E-state index in [1.54, 1.807) is 6.07 Å². The number of hydrogen-bond donors (Lipinski definition) is 0. The Bertz CT molecular complexity index is 2480. The van der Waals surface area contributed by atoms with Crippen LogP contribution in [0.25, 0.3) is 66.1 Å². The van der Waals surface area contributed by atoms with Crippen LogP contribution in [0.4, 0.5) is 0 Å². The molecule has 2 heterocycles. The van der Waals surface area contributed by atoms with Gasteiger partial charge in [0.05, 0.1) is 45.0 Å². The van der Waals surface area contributed by atoms with E-state index in [0.717, 1.165) is 55.4 Å². The summed E-state index contributed by atoms with van der Waals surface area (Å²) in [6, 6.07) is 48.8. The zero-order chi connectivity index (χ0) is 29.1. The van der Waals surface area contributed by atoms with E-state index in [0.29, 0.717) is 11.1 Å². The van der Waals surface area contributed by atoms with Crippen LogP contribution in [0.1, 0.15) is 16.7 Å². The molecular weight excluding hydrogens is 524 g/mol. The molecule has 4 nitrogen and oxygen atoms in total. The second-order valence-corrected chi connectivity index (χ2v) is 10.9. The number of fused-ring (bicyclic) bond motifs is 6. The van der Waals surface area contributed by atoms with Crippen LogP contribution >= 0.6 is 0 Å². The van der Waals surface area contributed by atoms with Crippen molar-refractivity contribution in [1.82, 2.24) is 9.13 Å². The Morgan fingerprint density at radius 2 is 1.09 bits per heavy atom. The van der Waals surface area contributed by atoms with E-state index in [2.05, 4.69) is 118 Å². The molecule has 8 aromatic rings. The Hall–Kier alpha value is -6.10. The molecule has 0 radical (unpaired) electrons. The molecule has 0 aliphatic carbocycles. The van der Waals surface area contributed by atoms with Gasteiger partial charge in [0.2, 0.25) is 0 Å². The van der Waals surface area contributed by atoms with E-state index >= 15 is 0 Å². The third-order valence-electron chi connectivity index (χ3n) is 8.49. The fraction of sp³-hybridized carbons (Fsp3) is 0.0256. The van der Waals surface area contributed by atoms with Gasteiger partial charge in [0.25, 0.3) is 0 Å². The van der Waals surface area contributed by atoms with Gasteiger partial charge in [-0.15, -0.1) is 0 Å². The highest BCUT2D eigenvalue weighted by molar-refractivity contribution is 6.12. The number of hydrogen-bond acceptors (Lipinski definition) is 2. The Morgan fingerprint density at radius 1 is 0.488 bits per heavy atom. The smallest absolute Gasteiger partial charge is 0.102 e. The first-order valence-electron chi connectivity index (χ1n) is 14.2. The van der Waals surface area contributed by atoms with Gasteiger partial charge in [0.1, 0.15) is 6.07 Å². The quantitative estimate of drug-likeness (QED) is 0.221. The van der Waals surface area contributed by atoms with E-state index < -0.39 is 0 Å². The molecule has 2 aromatic heterocycles. The number of aromatic nitrogens is 2. The van der Waals surface area contributed by atoms with Gasteiger partial charge in [0, 0.05) is 27.2 Å². The van der Waals surface area contributed by atoms with Crippen molar-refractivity contribution in [3.63, 3.8) is 0 Å². The SMILES string of the molecule is Cc1cc(C#N)cc(-n2c3ccccc3c3cc(-c4ccc5c6ccccc6n(-c6ccccc6)c5c4)ccc32)c1C#N. The molecule has 200 valence electrons. The molecule has 43 heavy (non-hydrogen) atoms.